The molecule has 0 aliphatic carbocycles. The number of halogens is 1. The molecule has 5 nitrogen and oxygen atoms in total. The number of rotatable bonds is 5. The fraction of sp³-hybridized carbons (Fsp3) is 0.0588. The molecule has 3 aromatic rings. The zero-order valence-corrected chi connectivity index (χ0v) is 14.1. The molecule has 0 radical (unpaired) electrons. The van der Waals surface area contributed by atoms with E-state index < -0.39 is 0 Å². The molecule has 0 unspecified atom stereocenters. The fourth-order valence-corrected chi connectivity index (χ4v) is 2.75. The Bertz CT molecular complexity index is 849. The lowest BCUT2D eigenvalue weighted by molar-refractivity contribution is -0.118. The second kappa shape index (κ2) is 7.33. The van der Waals surface area contributed by atoms with Crippen LogP contribution in [-0.4, -0.2) is 17.5 Å². The van der Waals surface area contributed by atoms with Gasteiger partial charge in [0, 0.05) is 21.7 Å². The minimum atomic E-state index is -0.250. The van der Waals surface area contributed by atoms with Crippen molar-refractivity contribution in [2.75, 3.05) is 17.7 Å². The van der Waals surface area contributed by atoms with Gasteiger partial charge in [-0.25, -0.2) is 4.98 Å². The number of ether oxygens (including phenoxy) is 1. The number of nitrogens with two attached hydrogens (primary N) is 1. The van der Waals surface area contributed by atoms with Gasteiger partial charge in [-0.05, 0) is 36.4 Å². The maximum absolute atomic E-state index is 12.0. The molecule has 0 spiro atoms. The number of hydrogen-bond acceptors (Lipinski definition) is 5. The summed E-state index contributed by atoms with van der Waals surface area (Å²) in [7, 11) is 0. The Hall–Kier alpha value is -2.57. The van der Waals surface area contributed by atoms with Crippen molar-refractivity contribution in [3.63, 3.8) is 0 Å². The number of amides is 1. The molecule has 0 atom stereocenters. The van der Waals surface area contributed by atoms with Gasteiger partial charge in [-0.2, -0.15) is 0 Å². The van der Waals surface area contributed by atoms with Crippen LogP contribution < -0.4 is 15.8 Å². The number of aromatic nitrogens is 1. The van der Waals surface area contributed by atoms with E-state index in [1.807, 2.05) is 23.6 Å². The summed E-state index contributed by atoms with van der Waals surface area (Å²) in [5.41, 5.74) is 7.99. The fourth-order valence-electron chi connectivity index (χ4n) is 2.05. The van der Waals surface area contributed by atoms with Crippen LogP contribution in [0.25, 0.3) is 11.3 Å². The van der Waals surface area contributed by atoms with Gasteiger partial charge in [0.25, 0.3) is 5.91 Å². The lowest BCUT2D eigenvalue weighted by Crippen LogP contribution is -2.20. The first-order valence-electron chi connectivity index (χ1n) is 7.10. The molecule has 3 rings (SSSR count). The Balaban J connectivity index is 1.61. The molecule has 24 heavy (non-hydrogen) atoms. The van der Waals surface area contributed by atoms with Crippen molar-refractivity contribution < 1.29 is 9.53 Å². The molecule has 0 aliphatic rings. The van der Waals surface area contributed by atoms with Crippen LogP contribution in [0.3, 0.4) is 0 Å². The van der Waals surface area contributed by atoms with E-state index in [1.165, 1.54) is 11.3 Å². The average Bonchev–Trinajstić information content (AvgIpc) is 3.01. The minimum absolute atomic E-state index is 0.0878. The number of nitrogens with zero attached hydrogens (tertiary/aromatic N) is 1. The summed E-state index contributed by atoms with van der Waals surface area (Å²) >= 11 is 7.18. The van der Waals surface area contributed by atoms with E-state index in [0.717, 1.165) is 11.3 Å². The first-order chi connectivity index (χ1) is 11.6. The lowest BCUT2D eigenvalue weighted by Gasteiger charge is -2.08. The van der Waals surface area contributed by atoms with Crippen LogP contribution >= 0.6 is 22.9 Å². The molecule has 1 amide bonds. The third-order valence-electron chi connectivity index (χ3n) is 3.15. The van der Waals surface area contributed by atoms with Gasteiger partial charge >= 0.3 is 0 Å². The van der Waals surface area contributed by atoms with Gasteiger partial charge in [0.05, 0.1) is 5.69 Å². The smallest absolute Gasteiger partial charge is 0.262 e. The van der Waals surface area contributed by atoms with Crippen molar-refractivity contribution in [1.82, 2.24) is 4.98 Å². The second-order valence-corrected chi connectivity index (χ2v) is 6.27. The standard InChI is InChI=1S/C17H14ClN3O2S/c18-12-4-6-14(7-5-12)23-9-16(22)20-13-3-1-2-11(8-13)15-10-24-17(19)21-15/h1-8,10H,9H2,(H2,19,21)(H,20,22). The number of carbonyl (C=O) groups excluding carboxylic acids is 1. The topological polar surface area (TPSA) is 77.2 Å². The van der Waals surface area contributed by atoms with E-state index in [4.69, 9.17) is 22.1 Å². The molecule has 0 saturated heterocycles. The number of nitrogens with one attached hydrogen (secondary N) is 1. The van der Waals surface area contributed by atoms with Crippen LogP contribution in [0.1, 0.15) is 0 Å². The zero-order valence-electron chi connectivity index (χ0n) is 12.5. The summed E-state index contributed by atoms with van der Waals surface area (Å²) in [4.78, 5) is 16.2. The summed E-state index contributed by atoms with van der Waals surface area (Å²) in [6, 6.07) is 14.2. The minimum Gasteiger partial charge on any atom is -0.484 e. The van der Waals surface area contributed by atoms with Gasteiger partial charge in [-0.1, -0.05) is 23.7 Å². The van der Waals surface area contributed by atoms with E-state index >= 15 is 0 Å². The van der Waals surface area contributed by atoms with Crippen molar-refractivity contribution in [2.24, 2.45) is 0 Å². The van der Waals surface area contributed by atoms with Crippen molar-refractivity contribution >= 4 is 39.7 Å². The highest BCUT2D eigenvalue weighted by molar-refractivity contribution is 7.13. The van der Waals surface area contributed by atoms with Crippen LogP contribution in [0, 0.1) is 0 Å². The number of anilines is 2. The Morgan fingerprint density at radius 3 is 2.75 bits per heavy atom. The Labute approximate surface area is 148 Å². The summed E-state index contributed by atoms with van der Waals surface area (Å²) < 4.78 is 5.42. The summed E-state index contributed by atoms with van der Waals surface area (Å²) in [6.07, 6.45) is 0. The average molecular weight is 360 g/mol. The van der Waals surface area contributed by atoms with E-state index in [0.29, 0.717) is 21.6 Å². The van der Waals surface area contributed by atoms with Gasteiger partial charge in [-0.15, -0.1) is 11.3 Å². The molecule has 0 aliphatic heterocycles. The number of benzene rings is 2. The van der Waals surface area contributed by atoms with Crippen molar-refractivity contribution in [3.05, 3.63) is 58.9 Å². The SMILES string of the molecule is Nc1nc(-c2cccc(NC(=O)COc3ccc(Cl)cc3)c2)cs1. The van der Waals surface area contributed by atoms with Gasteiger partial charge in [0.1, 0.15) is 5.75 Å². The zero-order chi connectivity index (χ0) is 16.9. The molecular formula is C17H14ClN3O2S. The monoisotopic (exact) mass is 359 g/mol. The summed E-state index contributed by atoms with van der Waals surface area (Å²) in [5, 5.41) is 5.80. The predicted molar refractivity (Wildman–Crippen MR) is 97.5 cm³/mol. The molecule has 0 saturated carbocycles. The van der Waals surface area contributed by atoms with Crippen molar-refractivity contribution in [1.29, 1.82) is 0 Å². The quantitative estimate of drug-likeness (QED) is 0.720. The van der Waals surface area contributed by atoms with Crippen molar-refractivity contribution in [2.45, 2.75) is 0 Å². The Morgan fingerprint density at radius 2 is 2.04 bits per heavy atom. The maximum Gasteiger partial charge on any atom is 0.262 e. The predicted octanol–water partition coefficient (Wildman–Crippen LogP) is 4.06. The van der Waals surface area contributed by atoms with Crippen LogP contribution in [0.5, 0.6) is 5.75 Å². The van der Waals surface area contributed by atoms with Gasteiger partial charge in [0.2, 0.25) is 0 Å². The largest absolute Gasteiger partial charge is 0.484 e. The van der Waals surface area contributed by atoms with Gasteiger partial charge in [0.15, 0.2) is 11.7 Å². The van der Waals surface area contributed by atoms with Crippen LogP contribution in [0.2, 0.25) is 5.02 Å². The maximum atomic E-state index is 12.0. The highest BCUT2D eigenvalue weighted by Gasteiger charge is 2.07. The molecule has 7 heteroatoms. The molecule has 122 valence electrons. The number of nitrogen functional groups attached to an aromatic ring is 1. The van der Waals surface area contributed by atoms with Crippen LogP contribution in [0.15, 0.2) is 53.9 Å². The molecule has 0 fully saturated rings. The van der Waals surface area contributed by atoms with E-state index in [2.05, 4.69) is 10.3 Å². The summed E-state index contributed by atoms with van der Waals surface area (Å²) in [6.45, 7) is -0.0878. The molecule has 1 aromatic heterocycles. The second-order valence-electron chi connectivity index (χ2n) is 4.94. The van der Waals surface area contributed by atoms with Gasteiger partial charge < -0.3 is 15.8 Å². The highest BCUT2D eigenvalue weighted by Crippen LogP contribution is 2.25. The number of carbonyl (C=O) groups is 1. The first-order valence-corrected chi connectivity index (χ1v) is 8.35. The Kier molecular flexibility index (Phi) is 4.98. The molecule has 1 heterocycles. The number of hydrogen-bond donors (Lipinski definition) is 2. The first kappa shape index (κ1) is 16.3. The third-order valence-corrected chi connectivity index (χ3v) is 4.07. The van der Waals surface area contributed by atoms with Crippen molar-refractivity contribution in [3.8, 4) is 17.0 Å². The third kappa shape index (κ3) is 4.24. The van der Waals surface area contributed by atoms with Gasteiger partial charge in [-0.3, -0.25) is 4.79 Å². The molecule has 2 aromatic carbocycles. The normalized spacial score (nSPS) is 10.4. The summed E-state index contributed by atoms with van der Waals surface area (Å²) in [5.74, 6) is 0.334. The highest BCUT2D eigenvalue weighted by atomic mass is 35.5. The molecule has 3 N–H and O–H groups in total. The molecular weight excluding hydrogens is 346 g/mol. The Morgan fingerprint density at radius 1 is 1.25 bits per heavy atom. The lowest BCUT2D eigenvalue weighted by atomic mass is 10.1. The number of thiazole rings is 1. The van der Waals surface area contributed by atoms with E-state index in [-0.39, 0.29) is 12.5 Å². The van der Waals surface area contributed by atoms with Crippen LogP contribution in [-0.2, 0) is 4.79 Å². The molecule has 0 bridgehead atoms. The van der Waals surface area contributed by atoms with E-state index in [1.54, 1.807) is 30.3 Å². The van der Waals surface area contributed by atoms with Crippen LogP contribution in [0.4, 0.5) is 10.8 Å². The van der Waals surface area contributed by atoms with E-state index in [9.17, 15) is 4.79 Å².